The standard InChI is InChI=1S/C17H18ClF3N2O2/c1-12-7-14(10-23(12)15(5-6-18)9-22-11-24)13-3-2-4-16(8-13)25-17(19,20)21/h2-4,7-8,10-11,15H,5-6,9H2,1H3,(H,22,24). The number of aryl methyl sites for hydroxylation is 1. The Morgan fingerprint density at radius 3 is 2.72 bits per heavy atom. The number of amides is 1. The second-order valence-corrected chi connectivity index (χ2v) is 5.89. The molecule has 0 spiro atoms. The van der Waals surface area contributed by atoms with Gasteiger partial charge in [0.2, 0.25) is 6.41 Å². The van der Waals surface area contributed by atoms with Crippen molar-refractivity contribution in [3.63, 3.8) is 0 Å². The molecule has 1 amide bonds. The summed E-state index contributed by atoms with van der Waals surface area (Å²) in [5.74, 6) is 0.155. The lowest BCUT2D eigenvalue weighted by Gasteiger charge is -2.19. The average molecular weight is 375 g/mol. The molecule has 0 fully saturated rings. The number of hydrogen-bond donors (Lipinski definition) is 1. The van der Waals surface area contributed by atoms with Gasteiger partial charge in [-0.05, 0) is 42.7 Å². The van der Waals surface area contributed by atoms with Crippen molar-refractivity contribution >= 4 is 18.0 Å². The summed E-state index contributed by atoms with van der Waals surface area (Å²) in [6, 6.07) is 7.65. The van der Waals surface area contributed by atoms with Crippen molar-refractivity contribution in [2.75, 3.05) is 12.4 Å². The van der Waals surface area contributed by atoms with Gasteiger partial charge in [-0.1, -0.05) is 12.1 Å². The lowest BCUT2D eigenvalue weighted by Crippen LogP contribution is -2.25. The Balaban J connectivity index is 2.29. The van der Waals surface area contributed by atoms with Gasteiger partial charge in [0.25, 0.3) is 0 Å². The smallest absolute Gasteiger partial charge is 0.406 e. The Bertz CT molecular complexity index is 716. The highest BCUT2D eigenvalue weighted by Crippen LogP contribution is 2.30. The van der Waals surface area contributed by atoms with Crippen LogP contribution in [0.2, 0.25) is 0 Å². The van der Waals surface area contributed by atoms with E-state index in [1.165, 1.54) is 18.2 Å². The number of alkyl halides is 4. The molecule has 8 heteroatoms. The van der Waals surface area contributed by atoms with Crippen molar-refractivity contribution in [2.45, 2.75) is 25.7 Å². The molecule has 1 aromatic heterocycles. The van der Waals surface area contributed by atoms with Crippen LogP contribution >= 0.6 is 11.6 Å². The van der Waals surface area contributed by atoms with Gasteiger partial charge in [-0.3, -0.25) is 4.79 Å². The number of rotatable bonds is 8. The zero-order valence-electron chi connectivity index (χ0n) is 13.5. The number of benzene rings is 1. The van der Waals surface area contributed by atoms with Gasteiger partial charge in [0.05, 0.1) is 6.04 Å². The fourth-order valence-corrected chi connectivity index (χ4v) is 2.91. The minimum Gasteiger partial charge on any atom is -0.406 e. The summed E-state index contributed by atoms with van der Waals surface area (Å²) < 4.78 is 43.1. The van der Waals surface area contributed by atoms with E-state index in [1.807, 2.05) is 23.8 Å². The molecule has 1 aromatic carbocycles. The van der Waals surface area contributed by atoms with Crippen LogP contribution in [0, 0.1) is 6.92 Å². The molecule has 1 N–H and O–H groups in total. The van der Waals surface area contributed by atoms with Gasteiger partial charge in [0, 0.05) is 24.3 Å². The van der Waals surface area contributed by atoms with E-state index < -0.39 is 6.36 Å². The van der Waals surface area contributed by atoms with Crippen LogP contribution in [0.3, 0.4) is 0 Å². The maximum Gasteiger partial charge on any atom is 0.573 e. The summed E-state index contributed by atoms with van der Waals surface area (Å²) in [5.41, 5.74) is 2.28. The summed E-state index contributed by atoms with van der Waals surface area (Å²) in [5, 5.41) is 2.64. The summed E-state index contributed by atoms with van der Waals surface area (Å²) in [6.45, 7) is 2.31. The van der Waals surface area contributed by atoms with Gasteiger partial charge < -0.3 is 14.6 Å². The molecule has 2 aromatic rings. The number of hydrogen-bond acceptors (Lipinski definition) is 2. The van der Waals surface area contributed by atoms with Crippen molar-refractivity contribution in [3.05, 3.63) is 42.2 Å². The van der Waals surface area contributed by atoms with Gasteiger partial charge in [-0.25, -0.2) is 0 Å². The maximum atomic E-state index is 12.4. The van der Waals surface area contributed by atoms with E-state index in [-0.39, 0.29) is 11.8 Å². The van der Waals surface area contributed by atoms with Crippen molar-refractivity contribution < 1.29 is 22.7 Å². The van der Waals surface area contributed by atoms with E-state index in [2.05, 4.69) is 10.1 Å². The fourth-order valence-electron chi connectivity index (χ4n) is 2.66. The molecule has 4 nitrogen and oxygen atoms in total. The van der Waals surface area contributed by atoms with Crippen molar-refractivity contribution in [1.29, 1.82) is 0 Å². The number of aromatic nitrogens is 1. The Kier molecular flexibility index (Phi) is 6.36. The molecule has 0 aliphatic heterocycles. The van der Waals surface area contributed by atoms with E-state index in [0.29, 0.717) is 30.8 Å². The predicted octanol–water partition coefficient (Wildman–Crippen LogP) is 4.28. The minimum atomic E-state index is -4.73. The first-order chi connectivity index (χ1) is 11.8. The van der Waals surface area contributed by atoms with Crippen molar-refractivity contribution in [1.82, 2.24) is 9.88 Å². The second-order valence-electron chi connectivity index (χ2n) is 5.51. The molecular formula is C17H18ClF3N2O2. The monoisotopic (exact) mass is 374 g/mol. The van der Waals surface area contributed by atoms with Crippen LogP contribution in [0.1, 0.15) is 18.2 Å². The molecule has 25 heavy (non-hydrogen) atoms. The number of carbonyl (C=O) groups excluding carboxylic acids is 1. The Labute approximate surface area is 148 Å². The number of carbonyl (C=O) groups is 1. The van der Waals surface area contributed by atoms with Gasteiger partial charge in [-0.15, -0.1) is 24.8 Å². The third kappa shape index (κ3) is 5.42. The molecule has 136 valence electrons. The van der Waals surface area contributed by atoms with Gasteiger partial charge >= 0.3 is 6.36 Å². The van der Waals surface area contributed by atoms with Crippen LogP contribution in [-0.2, 0) is 4.79 Å². The van der Waals surface area contributed by atoms with Crippen molar-refractivity contribution in [2.24, 2.45) is 0 Å². The lowest BCUT2D eigenvalue weighted by atomic mass is 10.1. The Morgan fingerprint density at radius 2 is 2.08 bits per heavy atom. The molecule has 0 bridgehead atoms. The average Bonchev–Trinajstić information content (AvgIpc) is 2.92. The minimum absolute atomic E-state index is 0.0361. The zero-order chi connectivity index (χ0) is 18.4. The van der Waals surface area contributed by atoms with E-state index in [0.717, 1.165) is 11.3 Å². The largest absolute Gasteiger partial charge is 0.573 e. The van der Waals surface area contributed by atoms with E-state index >= 15 is 0 Å². The molecule has 0 aliphatic carbocycles. The number of halogens is 4. The normalized spacial score (nSPS) is 12.7. The molecule has 1 unspecified atom stereocenters. The summed E-state index contributed by atoms with van der Waals surface area (Å²) in [4.78, 5) is 10.5. The van der Waals surface area contributed by atoms with Gasteiger partial charge in [0.15, 0.2) is 0 Å². The van der Waals surface area contributed by atoms with Gasteiger partial charge in [0.1, 0.15) is 5.75 Å². The molecule has 0 radical (unpaired) electrons. The van der Waals surface area contributed by atoms with Crippen LogP contribution in [-0.4, -0.2) is 29.8 Å². The van der Waals surface area contributed by atoms with E-state index in [1.54, 1.807) is 6.07 Å². The molecule has 0 saturated heterocycles. The second kappa shape index (κ2) is 8.29. The number of ether oxygens (including phenoxy) is 1. The van der Waals surface area contributed by atoms with E-state index in [4.69, 9.17) is 11.6 Å². The van der Waals surface area contributed by atoms with Crippen LogP contribution in [0.25, 0.3) is 11.1 Å². The van der Waals surface area contributed by atoms with E-state index in [9.17, 15) is 18.0 Å². The Hall–Kier alpha value is -2.15. The quantitative estimate of drug-likeness (QED) is 0.553. The first kappa shape index (κ1) is 19.2. The first-order valence-electron chi connectivity index (χ1n) is 7.61. The van der Waals surface area contributed by atoms with Gasteiger partial charge in [-0.2, -0.15) is 0 Å². The molecular weight excluding hydrogens is 357 g/mol. The van der Waals surface area contributed by atoms with Crippen LogP contribution in [0.5, 0.6) is 5.75 Å². The summed E-state index contributed by atoms with van der Waals surface area (Å²) in [6.07, 6.45) is -1.62. The predicted molar refractivity (Wildman–Crippen MR) is 89.7 cm³/mol. The topological polar surface area (TPSA) is 43.3 Å². The highest BCUT2D eigenvalue weighted by Gasteiger charge is 2.31. The fraction of sp³-hybridized carbons (Fsp3) is 0.353. The SMILES string of the molecule is Cc1cc(-c2cccc(OC(F)(F)F)c2)cn1C(CCCl)CNC=O. The third-order valence-electron chi connectivity index (χ3n) is 3.72. The lowest BCUT2D eigenvalue weighted by molar-refractivity contribution is -0.274. The molecule has 0 saturated carbocycles. The third-order valence-corrected chi connectivity index (χ3v) is 3.94. The maximum absolute atomic E-state index is 12.4. The van der Waals surface area contributed by atoms with Crippen LogP contribution in [0.4, 0.5) is 13.2 Å². The van der Waals surface area contributed by atoms with Crippen LogP contribution < -0.4 is 10.1 Å². The molecule has 1 heterocycles. The highest BCUT2D eigenvalue weighted by molar-refractivity contribution is 6.17. The number of nitrogens with one attached hydrogen (secondary N) is 1. The van der Waals surface area contributed by atoms with Crippen LogP contribution in [0.15, 0.2) is 36.5 Å². The first-order valence-corrected chi connectivity index (χ1v) is 8.15. The highest BCUT2D eigenvalue weighted by atomic mass is 35.5. The summed E-state index contributed by atoms with van der Waals surface area (Å²) in [7, 11) is 0. The zero-order valence-corrected chi connectivity index (χ0v) is 14.3. The number of nitrogens with zero attached hydrogens (tertiary/aromatic N) is 1. The summed E-state index contributed by atoms with van der Waals surface area (Å²) >= 11 is 5.83. The molecule has 0 aliphatic rings. The molecule has 1 atom stereocenters. The Morgan fingerprint density at radius 1 is 1.32 bits per heavy atom. The molecule has 2 rings (SSSR count). The van der Waals surface area contributed by atoms with Crippen molar-refractivity contribution in [3.8, 4) is 16.9 Å².